The zero-order valence-corrected chi connectivity index (χ0v) is 16.4. The standard InChI is InChI=1S/C18H15BrClN3O3/c1-3-26-18(25)23-14-8-12(20)11(19)7-10(14)15(21)16(23)17(24)13-6-4-5-9(2)22-13/h4-8H,3,21H2,1-2H3. The average molecular weight is 437 g/mol. The van der Waals surface area contributed by atoms with Crippen molar-refractivity contribution in [2.24, 2.45) is 0 Å². The van der Waals surface area contributed by atoms with Gasteiger partial charge in [-0.05, 0) is 54.0 Å². The van der Waals surface area contributed by atoms with Crippen LogP contribution in [0.4, 0.5) is 10.5 Å². The molecule has 0 bridgehead atoms. The third-order valence-corrected chi connectivity index (χ3v) is 5.03. The first-order valence-electron chi connectivity index (χ1n) is 7.79. The van der Waals surface area contributed by atoms with Gasteiger partial charge in [0.05, 0.1) is 22.8 Å². The van der Waals surface area contributed by atoms with Crippen LogP contribution in [0.3, 0.4) is 0 Å². The van der Waals surface area contributed by atoms with Crippen molar-refractivity contribution in [3.8, 4) is 0 Å². The highest BCUT2D eigenvalue weighted by Crippen LogP contribution is 2.36. The number of hydrogen-bond donors (Lipinski definition) is 1. The molecule has 2 aromatic heterocycles. The molecule has 134 valence electrons. The van der Waals surface area contributed by atoms with Crippen LogP contribution in [0.25, 0.3) is 10.9 Å². The summed E-state index contributed by atoms with van der Waals surface area (Å²) in [7, 11) is 0. The quantitative estimate of drug-likeness (QED) is 0.607. The van der Waals surface area contributed by atoms with Crippen LogP contribution in [0.2, 0.25) is 5.02 Å². The van der Waals surface area contributed by atoms with E-state index in [1.165, 1.54) is 0 Å². The number of nitrogens with zero attached hydrogens (tertiary/aromatic N) is 2. The number of ketones is 1. The number of fused-ring (bicyclic) bond motifs is 1. The number of nitrogen functional groups attached to an aromatic ring is 1. The fraction of sp³-hybridized carbons (Fsp3) is 0.167. The molecular weight excluding hydrogens is 422 g/mol. The molecule has 0 aliphatic rings. The lowest BCUT2D eigenvalue weighted by Gasteiger charge is -2.09. The van der Waals surface area contributed by atoms with Crippen molar-refractivity contribution in [3.63, 3.8) is 0 Å². The lowest BCUT2D eigenvalue weighted by molar-refractivity contribution is 0.102. The monoisotopic (exact) mass is 435 g/mol. The summed E-state index contributed by atoms with van der Waals surface area (Å²) in [5.74, 6) is -0.470. The number of benzene rings is 1. The van der Waals surface area contributed by atoms with Crippen molar-refractivity contribution in [1.82, 2.24) is 9.55 Å². The number of carbonyl (C=O) groups is 2. The van der Waals surface area contributed by atoms with E-state index in [-0.39, 0.29) is 23.7 Å². The maximum atomic E-state index is 13.1. The summed E-state index contributed by atoms with van der Waals surface area (Å²) in [6, 6.07) is 8.30. The zero-order valence-electron chi connectivity index (χ0n) is 14.0. The maximum Gasteiger partial charge on any atom is 0.419 e. The number of nitrogens with two attached hydrogens (primary N) is 1. The number of anilines is 1. The second-order valence-electron chi connectivity index (χ2n) is 5.57. The molecule has 3 aromatic rings. The van der Waals surface area contributed by atoms with Crippen molar-refractivity contribution >= 4 is 56.0 Å². The molecule has 0 fully saturated rings. The van der Waals surface area contributed by atoms with Crippen molar-refractivity contribution in [3.05, 3.63) is 56.9 Å². The summed E-state index contributed by atoms with van der Waals surface area (Å²) in [6.45, 7) is 3.61. The summed E-state index contributed by atoms with van der Waals surface area (Å²) in [4.78, 5) is 29.9. The molecule has 2 N–H and O–H groups in total. The molecule has 0 aliphatic heterocycles. The second-order valence-corrected chi connectivity index (χ2v) is 6.83. The Kier molecular flexibility index (Phi) is 5.02. The Labute approximate surface area is 163 Å². The Bertz CT molecular complexity index is 1050. The third kappa shape index (κ3) is 3.08. The van der Waals surface area contributed by atoms with Gasteiger partial charge >= 0.3 is 6.09 Å². The molecule has 1 aromatic carbocycles. The molecule has 0 spiro atoms. The van der Waals surface area contributed by atoms with E-state index in [0.717, 1.165) is 4.57 Å². The van der Waals surface area contributed by atoms with E-state index in [0.29, 0.717) is 26.1 Å². The van der Waals surface area contributed by atoms with Gasteiger partial charge in [0.2, 0.25) is 5.78 Å². The number of aryl methyl sites for hydroxylation is 1. The van der Waals surface area contributed by atoms with Gasteiger partial charge < -0.3 is 10.5 Å². The van der Waals surface area contributed by atoms with Crippen LogP contribution in [0.1, 0.15) is 28.8 Å². The smallest absolute Gasteiger partial charge is 0.419 e. The van der Waals surface area contributed by atoms with E-state index in [1.807, 2.05) is 0 Å². The number of rotatable bonds is 3. The van der Waals surface area contributed by atoms with E-state index in [2.05, 4.69) is 20.9 Å². The van der Waals surface area contributed by atoms with Gasteiger partial charge in [-0.1, -0.05) is 17.7 Å². The normalized spacial score (nSPS) is 10.9. The largest absolute Gasteiger partial charge is 0.449 e. The number of aromatic nitrogens is 2. The third-order valence-electron chi connectivity index (χ3n) is 3.83. The summed E-state index contributed by atoms with van der Waals surface area (Å²) in [5.41, 5.74) is 7.66. The molecule has 0 radical (unpaired) electrons. The number of carbonyl (C=O) groups excluding carboxylic acids is 2. The van der Waals surface area contributed by atoms with Crippen LogP contribution < -0.4 is 5.73 Å². The van der Waals surface area contributed by atoms with Crippen molar-refractivity contribution in [2.75, 3.05) is 12.3 Å². The maximum absolute atomic E-state index is 13.1. The van der Waals surface area contributed by atoms with Crippen LogP contribution >= 0.6 is 27.5 Å². The Morgan fingerprint density at radius 1 is 1.35 bits per heavy atom. The number of halogens is 2. The number of hydrogen-bond acceptors (Lipinski definition) is 5. The first-order chi connectivity index (χ1) is 12.3. The minimum Gasteiger partial charge on any atom is -0.449 e. The average Bonchev–Trinajstić information content (AvgIpc) is 2.87. The molecule has 2 heterocycles. The van der Waals surface area contributed by atoms with Crippen LogP contribution in [-0.4, -0.2) is 28.0 Å². The van der Waals surface area contributed by atoms with E-state index in [9.17, 15) is 9.59 Å². The van der Waals surface area contributed by atoms with Gasteiger partial charge in [-0.3, -0.25) is 4.79 Å². The fourth-order valence-electron chi connectivity index (χ4n) is 2.70. The van der Waals surface area contributed by atoms with Gasteiger partial charge in [0, 0.05) is 15.6 Å². The summed E-state index contributed by atoms with van der Waals surface area (Å²) in [5, 5.41) is 0.901. The minimum absolute atomic E-state index is 0.00529. The van der Waals surface area contributed by atoms with E-state index >= 15 is 0 Å². The fourth-order valence-corrected chi connectivity index (χ4v) is 3.20. The molecule has 3 rings (SSSR count). The summed E-state index contributed by atoms with van der Waals surface area (Å²) < 4.78 is 6.87. The molecule has 0 atom stereocenters. The van der Waals surface area contributed by atoms with E-state index in [4.69, 9.17) is 22.1 Å². The Morgan fingerprint density at radius 3 is 2.73 bits per heavy atom. The summed E-state index contributed by atoms with van der Waals surface area (Å²) in [6.07, 6.45) is -0.705. The van der Waals surface area contributed by atoms with Crippen molar-refractivity contribution in [1.29, 1.82) is 0 Å². The molecule has 0 aliphatic carbocycles. The molecule has 26 heavy (non-hydrogen) atoms. The van der Waals surface area contributed by atoms with Gasteiger partial charge in [-0.15, -0.1) is 0 Å². The predicted octanol–water partition coefficient (Wildman–Crippen LogP) is 4.58. The highest BCUT2D eigenvalue weighted by molar-refractivity contribution is 9.10. The Morgan fingerprint density at radius 2 is 2.08 bits per heavy atom. The van der Waals surface area contributed by atoms with Gasteiger partial charge in [-0.25, -0.2) is 14.3 Å². The molecule has 0 amide bonds. The first-order valence-corrected chi connectivity index (χ1v) is 8.96. The predicted molar refractivity (Wildman–Crippen MR) is 104 cm³/mol. The lowest BCUT2D eigenvalue weighted by atomic mass is 10.1. The Balaban J connectivity index is 2.32. The number of ether oxygens (including phenoxy) is 1. The van der Waals surface area contributed by atoms with Gasteiger partial charge in [-0.2, -0.15) is 0 Å². The molecule has 0 unspecified atom stereocenters. The van der Waals surface area contributed by atoms with Crippen molar-refractivity contribution < 1.29 is 14.3 Å². The molecule has 8 heteroatoms. The van der Waals surface area contributed by atoms with E-state index < -0.39 is 11.9 Å². The van der Waals surface area contributed by atoms with Gasteiger partial charge in [0.25, 0.3) is 0 Å². The molecular formula is C18H15BrClN3O3. The topological polar surface area (TPSA) is 87.2 Å². The summed E-state index contributed by atoms with van der Waals surface area (Å²) >= 11 is 9.50. The second kappa shape index (κ2) is 7.09. The highest BCUT2D eigenvalue weighted by Gasteiger charge is 2.28. The van der Waals surface area contributed by atoms with Gasteiger partial charge in [0.1, 0.15) is 11.4 Å². The molecule has 0 saturated heterocycles. The minimum atomic E-state index is -0.705. The molecule has 0 saturated carbocycles. The van der Waals surface area contributed by atoms with Crippen LogP contribution in [0.5, 0.6) is 0 Å². The SMILES string of the molecule is CCOC(=O)n1c(C(=O)c2cccc(C)n2)c(N)c2cc(Br)c(Cl)cc21. The Hall–Kier alpha value is -2.38. The van der Waals surface area contributed by atoms with Crippen LogP contribution in [0, 0.1) is 6.92 Å². The van der Waals surface area contributed by atoms with Crippen LogP contribution in [-0.2, 0) is 4.74 Å². The van der Waals surface area contributed by atoms with Crippen LogP contribution in [0.15, 0.2) is 34.8 Å². The van der Waals surface area contributed by atoms with E-state index in [1.54, 1.807) is 44.2 Å². The van der Waals surface area contributed by atoms with Gasteiger partial charge in [0.15, 0.2) is 0 Å². The first kappa shape index (κ1) is 18.4. The zero-order chi connectivity index (χ0) is 19.0. The lowest BCUT2D eigenvalue weighted by Crippen LogP contribution is -2.21. The molecule has 6 nitrogen and oxygen atoms in total. The number of pyridine rings is 1. The highest BCUT2D eigenvalue weighted by atomic mass is 79.9. The van der Waals surface area contributed by atoms with Crippen molar-refractivity contribution in [2.45, 2.75) is 13.8 Å².